The Morgan fingerprint density at radius 3 is 2.50 bits per heavy atom. The zero-order valence-electron chi connectivity index (χ0n) is 9.04. The van der Waals surface area contributed by atoms with Crippen molar-refractivity contribution in [1.82, 2.24) is 10.2 Å². The summed E-state index contributed by atoms with van der Waals surface area (Å²) in [5.74, 6) is -0.576. The predicted molar refractivity (Wildman–Crippen MR) is 54.5 cm³/mol. The van der Waals surface area contributed by atoms with Crippen LogP contribution in [-0.2, 0) is 9.59 Å². The molecule has 5 nitrogen and oxygen atoms in total. The van der Waals surface area contributed by atoms with Crippen LogP contribution < -0.4 is 11.1 Å². The van der Waals surface area contributed by atoms with Crippen LogP contribution in [0.5, 0.6) is 0 Å². The number of nitrogens with one attached hydrogen (secondary N) is 1. The lowest BCUT2D eigenvalue weighted by molar-refractivity contribution is -0.129. The molecule has 5 heteroatoms. The van der Waals surface area contributed by atoms with E-state index in [1.165, 1.54) is 0 Å². The van der Waals surface area contributed by atoms with Crippen molar-refractivity contribution < 1.29 is 9.59 Å². The lowest BCUT2D eigenvalue weighted by Crippen LogP contribution is -2.38. The summed E-state index contributed by atoms with van der Waals surface area (Å²) in [6.07, 6.45) is 0. The van der Waals surface area contributed by atoms with Gasteiger partial charge in [-0.2, -0.15) is 0 Å². The van der Waals surface area contributed by atoms with Crippen LogP contribution in [0.25, 0.3) is 0 Å². The van der Waals surface area contributed by atoms with E-state index in [9.17, 15) is 9.59 Å². The molecule has 0 aliphatic rings. The Labute approximate surface area is 84.6 Å². The van der Waals surface area contributed by atoms with Crippen LogP contribution in [0.4, 0.5) is 0 Å². The second kappa shape index (κ2) is 6.37. The molecule has 0 bridgehead atoms. The zero-order valence-corrected chi connectivity index (χ0v) is 9.04. The van der Waals surface area contributed by atoms with Gasteiger partial charge < -0.3 is 16.0 Å². The molecule has 0 fully saturated rings. The monoisotopic (exact) mass is 201 g/mol. The normalized spacial score (nSPS) is 12.2. The van der Waals surface area contributed by atoms with Gasteiger partial charge >= 0.3 is 0 Å². The molecule has 2 amide bonds. The molecule has 0 aromatic rings. The van der Waals surface area contributed by atoms with Crippen LogP contribution in [0, 0.1) is 5.92 Å². The highest BCUT2D eigenvalue weighted by Gasteiger charge is 2.10. The molecule has 1 unspecified atom stereocenters. The van der Waals surface area contributed by atoms with Gasteiger partial charge in [-0.3, -0.25) is 9.59 Å². The molecule has 0 saturated carbocycles. The Morgan fingerprint density at radius 1 is 1.50 bits per heavy atom. The molecule has 0 saturated heterocycles. The Bertz CT molecular complexity index is 206. The molecule has 0 aliphatic carbocycles. The maximum Gasteiger partial charge on any atom is 0.236 e. The van der Waals surface area contributed by atoms with Gasteiger partial charge in [-0.15, -0.1) is 0 Å². The van der Waals surface area contributed by atoms with Crippen LogP contribution in [-0.4, -0.2) is 43.4 Å². The highest BCUT2D eigenvalue weighted by molar-refractivity contribution is 5.78. The van der Waals surface area contributed by atoms with Gasteiger partial charge in [0.15, 0.2) is 0 Å². The topological polar surface area (TPSA) is 75.4 Å². The van der Waals surface area contributed by atoms with Crippen molar-refractivity contribution in [1.29, 1.82) is 0 Å². The Balaban J connectivity index is 3.64. The fourth-order valence-electron chi connectivity index (χ4n) is 0.808. The van der Waals surface area contributed by atoms with E-state index in [1.807, 2.05) is 6.92 Å². The molecule has 3 N–H and O–H groups in total. The Kier molecular flexibility index (Phi) is 5.87. The summed E-state index contributed by atoms with van der Waals surface area (Å²) >= 11 is 0. The lowest BCUT2D eigenvalue weighted by atomic mass is 10.2. The minimum absolute atomic E-state index is 0.0178. The van der Waals surface area contributed by atoms with Gasteiger partial charge in [0.1, 0.15) is 0 Å². The number of hydrogen-bond acceptors (Lipinski definition) is 3. The van der Waals surface area contributed by atoms with Gasteiger partial charge in [0.2, 0.25) is 11.8 Å². The van der Waals surface area contributed by atoms with E-state index in [4.69, 9.17) is 5.73 Å². The van der Waals surface area contributed by atoms with Gasteiger partial charge in [-0.05, 0) is 6.92 Å². The summed E-state index contributed by atoms with van der Waals surface area (Å²) in [6.45, 7) is 5.01. The van der Waals surface area contributed by atoms with Crippen LogP contribution in [0.2, 0.25) is 0 Å². The summed E-state index contributed by atoms with van der Waals surface area (Å²) in [5, 5.41) is 2.89. The molecule has 0 radical (unpaired) electrons. The van der Waals surface area contributed by atoms with Crippen molar-refractivity contribution in [3.05, 3.63) is 0 Å². The average Bonchev–Trinajstić information content (AvgIpc) is 2.15. The molecular weight excluding hydrogens is 182 g/mol. The SMILES string of the molecule is CCN(C)C(=O)CNCC(C)C(N)=O. The summed E-state index contributed by atoms with van der Waals surface area (Å²) < 4.78 is 0. The van der Waals surface area contributed by atoms with E-state index in [0.717, 1.165) is 0 Å². The minimum atomic E-state index is -0.353. The minimum Gasteiger partial charge on any atom is -0.369 e. The van der Waals surface area contributed by atoms with Crippen molar-refractivity contribution in [3.8, 4) is 0 Å². The third-order valence-electron chi connectivity index (χ3n) is 2.11. The molecular formula is C9H19N3O2. The molecule has 1 atom stereocenters. The third-order valence-corrected chi connectivity index (χ3v) is 2.11. The third kappa shape index (κ3) is 4.81. The van der Waals surface area contributed by atoms with Gasteiger partial charge in [-0.25, -0.2) is 0 Å². The van der Waals surface area contributed by atoms with E-state index in [2.05, 4.69) is 5.32 Å². The number of hydrogen-bond donors (Lipinski definition) is 2. The van der Waals surface area contributed by atoms with Gasteiger partial charge in [0.05, 0.1) is 6.54 Å². The first kappa shape index (κ1) is 12.9. The highest BCUT2D eigenvalue weighted by Crippen LogP contribution is 1.89. The molecule has 0 aliphatic heterocycles. The number of carbonyl (C=O) groups is 2. The first-order valence-corrected chi connectivity index (χ1v) is 4.73. The van der Waals surface area contributed by atoms with Gasteiger partial charge in [-0.1, -0.05) is 6.92 Å². The largest absolute Gasteiger partial charge is 0.369 e. The summed E-state index contributed by atoms with van der Waals surface area (Å²) in [7, 11) is 1.74. The molecule has 14 heavy (non-hydrogen) atoms. The van der Waals surface area contributed by atoms with E-state index in [-0.39, 0.29) is 24.3 Å². The van der Waals surface area contributed by atoms with Crippen LogP contribution in [0.15, 0.2) is 0 Å². The van der Waals surface area contributed by atoms with Gasteiger partial charge in [0, 0.05) is 26.1 Å². The maximum atomic E-state index is 11.3. The van der Waals surface area contributed by atoms with E-state index >= 15 is 0 Å². The first-order valence-electron chi connectivity index (χ1n) is 4.73. The lowest BCUT2D eigenvalue weighted by Gasteiger charge is -2.15. The van der Waals surface area contributed by atoms with Crippen molar-refractivity contribution in [3.63, 3.8) is 0 Å². The molecule has 0 rings (SSSR count). The van der Waals surface area contributed by atoms with Crippen molar-refractivity contribution in [2.75, 3.05) is 26.7 Å². The number of likely N-dealkylation sites (N-methyl/N-ethyl adjacent to an activating group) is 1. The Morgan fingerprint density at radius 2 is 2.07 bits per heavy atom. The van der Waals surface area contributed by atoms with Crippen molar-refractivity contribution in [2.45, 2.75) is 13.8 Å². The maximum absolute atomic E-state index is 11.3. The highest BCUT2D eigenvalue weighted by atomic mass is 16.2. The fourth-order valence-corrected chi connectivity index (χ4v) is 0.808. The number of carbonyl (C=O) groups excluding carboxylic acids is 2. The van der Waals surface area contributed by atoms with Crippen LogP contribution >= 0.6 is 0 Å². The predicted octanol–water partition coefficient (Wildman–Crippen LogP) is -0.824. The number of nitrogens with two attached hydrogens (primary N) is 1. The molecule has 0 spiro atoms. The summed E-state index contributed by atoms with van der Waals surface area (Å²) in [4.78, 5) is 23.5. The quantitative estimate of drug-likeness (QED) is 0.589. The molecule has 0 aromatic carbocycles. The van der Waals surface area contributed by atoms with Crippen LogP contribution in [0.3, 0.4) is 0 Å². The van der Waals surface area contributed by atoms with E-state index in [0.29, 0.717) is 13.1 Å². The molecule has 0 heterocycles. The molecule has 82 valence electrons. The fraction of sp³-hybridized carbons (Fsp3) is 0.778. The van der Waals surface area contributed by atoms with Crippen LogP contribution in [0.1, 0.15) is 13.8 Å². The summed E-state index contributed by atoms with van der Waals surface area (Å²) in [6, 6.07) is 0. The van der Waals surface area contributed by atoms with E-state index < -0.39 is 0 Å². The number of nitrogens with zero attached hydrogens (tertiary/aromatic N) is 1. The second-order valence-electron chi connectivity index (χ2n) is 3.34. The number of rotatable bonds is 6. The summed E-state index contributed by atoms with van der Waals surface area (Å²) in [5.41, 5.74) is 5.06. The second-order valence-corrected chi connectivity index (χ2v) is 3.34. The van der Waals surface area contributed by atoms with Crippen molar-refractivity contribution in [2.24, 2.45) is 11.7 Å². The number of amides is 2. The molecule has 0 aromatic heterocycles. The van der Waals surface area contributed by atoms with Gasteiger partial charge in [0.25, 0.3) is 0 Å². The van der Waals surface area contributed by atoms with Crippen molar-refractivity contribution >= 4 is 11.8 Å². The standard InChI is InChI=1S/C9H19N3O2/c1-4-12(3)8(13)6-11-5-7(2)9(10)14/h7,11H,4-6H2,1-3H3,(H2,10,14). The first-order chi connectivity index (χ1) is 6.49. The smallest absolute Gasteiger partial charge is 0.236 e. The Hall–Kier alpha value is -1.10. The zero-order chi connectivity index (χ0) is 11.1. The average molecular weight is 201 g/mol. The number of primary amides is 1. The van der Waals surface area contributed by atoms with E-state index in [1.54, 1.807) is 18.9 Å².